The van der Waals surface area contributed by atoms with Gasteiger partial charge in [0.1, 0.15) is 6.04 Å². The molecule has 2 amide bonds. The number of amides is 2. The fraction of sp³-hybridized carbons (Fsp3) is 0.529. The van der Waals surface area contributed by atoms with Crippen LogP contribution < -0.4 is 10.6 Å². The predicted octanol–water partition coefficient (Wildman–Crippen LogP) is 3.21. The topological polar surface area (TPSA) is 58.2 Å². The Kier molecular flexibility index (Phi) is 5.83. The second-order valence-corrected chi connectivity index (χ2v) is 6.44. The highest BCUT2D eigenvalue weighted by molar-refractivity contribution is 6.30. The van der Waals surface area contributed by atoms with Gasteiger partial charge in [-0.1, -0.05) is 36.6 Å². The molecule has 0 radical (unpaired) electrons. The zero-order chi connectivity index (χ0) is 16.1. The Labute approximate surface area is 136 Å². The lowest BCUT2D eigenvalue weighted by Gasteiger charge is -2.25. The van der Waals surface area contributed by atoms with Crippen molar-refractivity contribution in [2.75, 3.05) is 0 Å². The Balaban J connectivity index is 2.04. The van der Waals surface area contributed by atoms with Gasteiger partial charge in [-0.05, 0) is 43.4 Å². The number of carbonyl (C=O) groups excluding carboxylic acids is 2. The van der Waals surface area contributed by atoms with Crippen molar-refractivity contribution in [1.82, 2.24) is 10.6 Å². The molecule has 0 bridgehead atoms. The minimum atomic E-state index is -0.443. The van der Waals surface area contributed by atoms with Gasteiger partial charge in [0.05, 0.1) is 6.04 Å². The molecule has 1 aromatic carbocycles. The second-order valence-electron chi connectivity index (χ2n) is 6.01. The predicted molar refractivity (Wildman–Crippen MR) is 87.6 cm³/mol. The van der Waals surface area contributed by atoms with Crippen molar-refractivity contribution in [2.45, 2.75) is 51.6 Å². The summed E-state index contributed by atoms with van der Waals surface area (Å²) >= 11 is 5.99. The molecule has 0 aromatic heterocycles. The molecule has 0 aliphatic heterocycles. The van der Waals surface area contributed by atoms with E-state index in [4.69, 9.17) is 11.6 Å². The van der Waals surface area contributed by atoms with Gasteiger partial charge in [-0.3, -0.25) is 9.59 Å². The van der Waals surface area contributed by atoms with Crippen LogP contribution in [0.15, 0.2) is 24.3 Å². The normalized spacial score (nSPS) is 17.8. The van der Waals surface area contributed by atoms with E-state index in [9.17, 15) is 9.59 Å². The van der Waals surface area contributed by atoms with Gasteiger partial charge in [0, 0.05) is 11.9 Å². The van der Waals surface area contributed by atoms with Gasteiger partial charge in [0.15, 0.2) is 0 Å². The van der Waals surface area contributed by atoms with Crippen molar-refractivity contribution >= 4 is 23.4 Å². The van der Waals surface area contributed by atoms with Gasteiger partial charge in [0.2, 0.25) is 11.8 Å². The quantitative estimate of drug-likeness (QED) is 0.874. The van der Waals surface area contributed by atoms with Crippen molar-refractivity contribution in [2.24, 2.45) is 5.92 Å². The molecule has 1 aromatic rings. The Morgan fingerprint density at radius 2 is 1.91 bits per heavy atom. The lowest BCUT2D eigenvalue weighted by molar-refractivity contribution is -0.129. The number of hydrogen-bond donors (Lipinski definition) is 2. The Morgan fingerprint density at radius 3 is 2.50 bits per heavy atom. The van der Waals surface area contributed by atoms with Crippen LogP contribution in [0.3, 0.4) is 0 Å². The molecule has 2 rings (SSSR count). The minimum Gasteiger partial charge on any atom is -0.348 e. The summed E-state index contributed by atoms with van der Waals surface area (Å²) in [5, 5.41) is 6.45. The van der Waals surface area contributed by atoms with E-state index in [2.05, 4.69) is 10.6 Å². The molecule has 1 aliphatic carbocycles. The first-order valence-corrected chi connectivity index (χ1v) is 8.18. The molecule has 1 aliphatic rings. The van der Waals surface area contributed by atoms with E-state index in [0.29, 0.717) is 5.02 Å². The molecular weight excluding hydrogens is 300 g/mol. The molecule has 2 atom stereocenters. The molecule has 2 N–H and O–H groups in total. The Hall–Kier alpha value is -1.55. The first kappa shape index (κ1) is 16.8. The largest absolute Gasteiger partial charge is 0.348 e. The minimum absolute atomic E-state index is 0.116. The monoisotopic (exact) mass is 322 g/mol. The van der Waals surface area contributed by atoms with Gasteiger partial charge in [-0.15, -0.1) is 0 Å². The first-order valence-electron chi connectivity index (χ1n) is 7.80. The van der Waals surface area contributed by atoms with Crippen LogP contribution in [0.1, 0.15) is 51.1 Å². The average molecular weight is 323 g/mol. The third-order valence-electron chi connectivity index (χ3n) is 4.22. The van der Waals surface area contributed by atoms with Crippen LogP contribution in [-0.2, 0) is 9.59 Å². The first-order chi connectivity index (χ1) is 10.5. The highest BCUT2D eigenvalue weighted by Crippen LogP contribution is 2.28. The van der Waals surface area contributed by atoms with Crippen LogP contribution in [-0.4, -0.2) is 17.9 Å². The summed E-state index contributed by atoms with van der Waals surface area (Å²) in [6.45, 7) is 3.37. The maximum Gasteiger partial charge on any atom is 0.243 e. The molecule has 0 heterocycles. The van der Waals surface area contributed by atoms with Crippen LogP contribution in [0.5, 0.6) is 0 Å². The molecule has 0 spiro atoms. The number of rotatable bonds is 5. The average Bonchev–Trinajstić information content (AvgIpc) is 2.98. The molecular formula is C17H23ClN2O2. The van der Waals surface area contributed by atoms with Crippen molar-refractivity contribution in [3.05, 3.63) is 34.9 Å². The summed E-state index contributed by atoms with van der Waals surface area (Å²) in [6.07, 6.45) is 4.23. The van der Waals surface area contributed by atoms with E-state index in [1.807, 2.05) is 25.1 Å². The molecule has 120 valence electrons. The highest BCUT2D eigenvalue weighted by Gasteiger charge is 2.31. The van der Waals surface area contributed by atoms with Crippen molar-refractivity contribution < 1.29 is 9.59 Å². The van der Waals surface area contributed by atoms with E-state index in [0.717, 1.165) is 31.2 Å². The third-order valence-corrected chi connectivity index (χ3v) is 4.46. The van der Waals surface area contributed by atoms with Crippen LogP contribution in [0.4, 0.5) is 0 Å². The van der Waals surface area contributed by atoms with Crippen molar-refractivity contribution in [1.29, 1.82) is 0 Å². The molecule has 0 saturated heterocycles. The van der Waals surface area contributed by atoms with Gasteiger partial charge in [0.25, 0.3) is 0 Å². The van der Waals surface area contributed by atoms with Crippen LogP contribution in [0, 0.1) is 5.92 Å². The Morgan fingerprint density at radius 1 is 1.23 bits per heavy atom. The van der Waals surface area contributed by atoms with Gasteiger partial charge < -0.3 is 10.6 Å². The fourth-order valence-corrected chi connectivity index (χ4v) is 3.27. The molecule has 4 nitrogen and oxygen atoms in total. The van der Waals surface area contributed by atoms with Crippen LogP contribution in [0.25, 0.3) is 0 Å². The smallest absolute Gasteiger partial charge is 0.243 e. The molecule has 1 fully saturated rings. The summed E-state index contributed by atoms with van der Waals surface area (Å²) in [5.41, 5.74) is 0.953. The van der Waals surface area contributed by atoms with Crippen LogP contribution in [0.2, 0.25) is 5.02 Å². The van der Waals surface area contributed by atoms with Crippen molar-refractivity contribution in [3.8, 4) is 0 Å². The number of halogens is 1. The fourth-order valence-electron chi connectivity index (χ4n) is 3.07. The van der Waals surface area contributed by atoms with E-state index >= 15 is 0 Å². The van der Waals surface area contributed by atoms with Gasteiger partial charge in [-0.25, -0.2) is 0 Å². The van der Waals surface area contributed by atoms with E-state index in [1.165, 1.54) is 6.92 Å². The Bertz CT molecular complexity index is 541. The summed E-state index contributed by atoms with van der Waals surface area (Å²) in [5.74, 6) is -0.0486. The summed E-state index contributed by atoms with van der Waals surface area (Å²) in [7, 11) is 0. The lowest BCUT2D eigenvalue weighted by atomic mass is 9.96. The van der Waals surface area contributed by atoms with E-state index < -0.39 is 6.04 Å². The third kappa shape index (κ3) is 4.47. The standard InChI is InChI=1S/C17H23ClN2O2/c1-11(14-8-5-9-15(18)10-14)19-17(22)16(20-12(2)21)13-6-3-4-7-13/h5,8-11,13,16H,3-4,6-7H2,1-2H3,(H,19,22)(H,20,21). The van der Waals surface area contributed by atoms with Crippen LogP contribution >= 0.6 is 11.6 Å². The van der Waals surface area contributed by atoms with E-state index in [-0.39, 0.29) is 23.8 Å². The lowest BCUT2D eigenvalue weighted by Crippen LogP contribution is -2.50. The summed E-state index contributed by atoms with van der Waals surface area (Å²) in [6, 6.07) is 6.85. The van der Waals surface area contributed by atoms with Gasteiger partial charge in [-0.2, -0.15) is 0 Å². The number of hydrogen-bond acceptors (Lipinski definition) is 2. The van der Waals surface area contributed by atoms with Crippen molar-refractivity contribution in [3.63, 3.8) is 0 Å². The summed E-state index contributed by atoms with van der Waals surface area (Å²) < 4.78 is 0. The zero-order valence-electron chi connectivity index (χ0n) is 13.1. The molecule has 1 saturated carbocycles. The molecule has 2 unspecified atom stereocenters. The number of nitrogens with one attached hydrogen (secondary N) is 2. The molecule has 5 heteroatoms. The number of carbonyl (C=O) groups is 2. The maximum atomic E-state index is 12.6. The van der Waals surface area contributed by atoms with Gasteiger partial charge >= 0.3 is 0 Å². The molecule has 22 heavy (non-hydrogen) atoms. The van der Waals surface area contributed by atoms with E-state index in [1.54, 1.807) is 6.07 Å². The number of benzene rings is 1. The SMILES string of the molecule is CC(=O)NC(C(=O)NC(C)c1cccc(Cl)c1)C1CCCC1. The maximum absolute atomic E-state index is 12.6. The zero-order valence-corrected chi connectivity index (χ0v) is 13.8. The summed E-state index contributed by atoms with van der Waals surface area (Å²) in [4.78, 5) is 24.0. The highest BCUT2D eigenvalue weighted by atomic mass is 35.5. The second kappa shape index (κ2) is 7.63.